The molecular formula is C25H37FN2O. The average molecular weight is 401 g/mol. The monoisotopic (exact) mass is 400 g/mol. The molecule has 29 heavy (non-hydrogen) atoms. The Labute approximate surface area is 176 Å². The minimum absolute atomic E-state index is 0.141. The first-order valence-electron chi connectivity index (χ1n) is 11.3. The van der Waals surface area contributed by atoms with E-state index in [4.69, 9.17) is 5.26 Å². The van der Waals surface area contributed by atoms with Gasteiger partial charge in [0.05, 0.1) is 17.3 Å². The number of benzene rings is 1. The van der Waals surface area contributed by atoms with Crippen LogP contribution in [0, 0.1) is 17.1 Å². The van der Waals surface area contributed by atoms with Crippen molar-refractivity contribution in [3.63, 3.8) is 0 Å². The fourth-order valence-electron chi connectivity index (χ4n) is 3.26. The number of hydrogen-bond donors (Lipinski definition) is 1. The molecule has 0 saturated carbocycles. The molecule has 0 radical (unpaired) electrons. The Morgan fingerprint density at radius 1 is 0.966 bits per heavy atom. The molecule has 1 N–H and O–H groups in total. The van der Waals surface area contributed by atoms with Crippen LogP contribution in [-0.2, 0) is 4.79 Å². The van der Waals surface area contributed by atoms with Crippen molar-refractivity contribution < 1.29 is 9.18 Å². The van der Waals surface area contributed by atoms with Crippen LogP contribution >= 0.6 is 0 Å². The number of unbranched alkanes of at least 4 members (excludes halogenated alkanes) is 11. The standard InChI is InChI=1S/C25H37FN2O/c1-2-3-4-5-6-7-8-9-10-11-12-13-14-15-16-17-25(29)28-24-19-18-22(21-27)20-23(24)26/h9-10,18-20H,2-8,11-17H2,1H3,(H,28,29)/b10-9-. The summed E-state index contributed by atoms with van der Waals surface area (Å²) in [5.41, 5.74) is 0.388. The van der Waals surface area contributed by atoms with Crippen molar-refractivity contribution in [2.45, 2.75) is 96.8 Å². The van der Waals surface area contributed by atoms with Crippen molar-refractivity contribution in [2.24, 2.45) is 0 Å². The number of carbonyl (C=O) groups is 1. The van der Waals surface area contributed by atoms with E-state index >= 15 is 0 Å². The first kappa shape index (κ1) is 24.9. The smallest absolute Gasteiger partial charge is 0.224 e. The van der Waals surface area contributed by atoms with Crippen LogP contribution in [0.25, 0.3) is 0 Å². The van der Waals surface area contributed by atoms with Crippen LogP contribution in [-0.4, -0.2) is 5.91 Å². The van der Waals surface area contributed by atoms with Crippen molar-refractivity contribution in [3.8, 4) is 6.07 Å². The normalized spacial score (nSPS) is 10.9. The number of nitrogens with zero attached hydrogens (tertiary/aromatic N) is 1. The summed E-state index contributed by atoms with van der Waals surface area (Å²) < 4.78 is 13.7. The number of anilines is 1. The number of allylic oxidation sites excluding steroid dienone is 2. The Kier molecular flexibility index (Phi) is 14.4. The fourth-order valence-corrected chi connectivity index (χ4v) is 3.26. The highest BCUT2D eigenvalue weighted by molar-refractivity contribution is 5.90. The van der Waals surface area contributed by atoms with Gasteiger partial charge in [-0.1, -0.05) is 70.4 Å². The average Bonchev–Trinajstić information content (AvgIpc) is 2.72. The van der Waals surface area contributed by atoms with Gasteiger partial charge in [0.15, 0.2) is 0 Å². The molecular weight excluding hydrogens is 363 g/mol. The van der Waals surface area contributed by atoms with E-state index < -0.39 is 5.82 Å². The molecule has 160 valence electrons. The highest BCUT2D eigenvalue weighted by atomic mass is 19.1. The molecule has 0 spiro atoms. The first-order valence-corrected chi connectivity index (χ1v) is 11.3. The van der Waals surface area contributed by atoms with E-state index in [0.29, 0.717) is 6.42 Å². The summed E-state index contributed by atoms with van der Waals surface area (Å²) in [6.45, 7) is 2.25. The maximum atomic E-state index is 13.7. The molecule has 0 aromatic heterocycles. The molecule has 4 heteroatoms. The third kappa shape index (κ3) is 12.8. The maximum Gasteiger partial charge on any atom is 0.224 e. The number of amides is 1. The summed E-state index contributed by atoms with van der Waals surface area (Å²) in [7, 11) is 0. The minimum Gasteiger partial charge on any atom is -0.324 e. The highest BCUT2D eigenvalue weighted by Crippen LogP contribution is 2.16. The van der Waals surface area contributed by atoms with E-state index in [1.807, 2.05) is 6.07 Å². The number of hydrogen-bond acceptors (Lipinski definition) is 2. The van der Waals surface area contributed by atoms with Gasteiger partial charge in [-0.15, -0.1) is 0 Å². The van der Waals surface area contributed by atoms with E-state index in [1.165, 1.54) is 69.9 Å². The van der Waals surface area contributed by atoms with Crippen LogP contribution in [0.1, 0.15) is 102 Å². The van der Waals surface area contributed by atoms with Crippen LogP contribution in [0.5, 0.6) is 0 Å². The lowest BCUT2D eigenvalue weighted by Gasteiger charge is -2.06. The largest absolute Gasteiger partial charge is 0.324 e. The Hall–Kier alpha value is -2.15. The Morgan fingerprint density at radius 2 is 1.55 bits per heavy atom. The van der Waals surface area contributed by atoms with Gasteiger partial charge in [-0.25, -0.2) is 4.39 Å². The lowest BCUT2D eigenvalue weighted by atomic mass is 10.1. The molecule has 1 rings (SSSR count). The van der Waals surface area contributed by atoms with E-state index in [2.05, 4.69) is 24.4 Å². The number of carbonyl (C=O) groups excluding carboxylic acids is 1. The van der Waals surface area contributed by atoms with E-state index in [1.54, 1.807) is 0 Å². The zero-order chi connectivity index (χ0) is 21.2. The van der Waals surface area contributed by atoms with Gasteiger partial charge < -0.3 is 5.32 Å². The van der Waals surface area contributed by atoms with Gasteiger partial charge in [-0.2, -0.15) is 5.26 Å². The minimum atomic E-state index is -0.568. The van der Waals surface area contributed by atoms with Crippen molar-refractivity contribution in [1.29, 1.82) is 5.26 Å². The van der Waals surface area contributed by atoms with Gasteiger partial charge in [0.1, 0.15) is 5.82 Å². The number of halogens is 1. The van der Waals surface area contributed by atoms with Crippen molar-refractivity contribution in [3.05, 3.63) is 41.7 Å². The lowest BCUT2D eigenvalue weighted by Crippen LogP contribution is -2.12. The topological polar surface area (TPSA) is 52.9 Å². The first-order chi connectivity index (χ1) is 14.2. The molecule has 0 unspecified atom stereocenters. The number of rotatable bonds is 16. The Bertz CT molecular complexity index is 649. The molecule has 0 fully saturated rings. The number of nitriles is 1. The zero-order valence-corrected chi connectivity index (χ0v) is 18.0. The molecule has 3 nitrogen and oxygen atoms in total. The Balaban J connectivity index is 1.96. The van der Waals surface area contributed by atoms with Crippen LogP contribution < -0.4 is 5.32 Å². The van der Waals surface area contributed by atoms with Gasteiger partial charge in [-0.3, -0.25) is 4.79 Å². The SMILES string of the molecule is CCCCCCCC/C=C\CCCCCCCC(=O)Nc1ccc(C#N)cc1F. The molecule has 0 atom stereocenters. The molecule has 0 aliphatic carbocycles. The fraction of sp³-hybridized carbons (Fsp3) is 0.600. The van der Waals surface area contributed by atoms with Gasteiger partial charge in [0.2, 0.25) is 5.91 Å². The van der Waals surface area contributed by atoms with Gasteiger partial charge >= 0.3 is 0 Å². The third-order valence-corrected chi connectivity index (χ3v) is 5.04. The second kappa shape index (κ2) is 16.8. The van der Waals surface area contributed by atoms with Gasteiger partial charge in [0.25, 0.3) is 0 Å². The van der Waals surface area contributed by atoms with Crippen molar-refractivity contribution in [2.75, 3.05) is 5.32 Å². The summed E-state index contributed by atoms with van der Waals surface area (Å²) in [4.78, 5) is 11.9. The zero-order valence-electron chi connectivity index (χ0n) is 18.0. The van der Waals surface area contributed by atoms with Crippen LogP contribution in [0.4, 0.5) is 10.1 Å². The van der Waals surface area contributed by atoms with Crippen LogP contribution in [0.15, 0.2) is 30.4 Å². The molecule has 0 saturated heterocycles. The van der Waals surface area contributed by atoms with Crippen molar-refractivity contribution in [1.82, 2.24) is 0 Å². The predicted octanol–water partition coefficient (Wildman–Crippen LogP) is 7.67. The molecule has 0 aliphatic heterocycles. The summed E-state index contributed by atoms with van der Waals surface area (Å²) >= 11 is 0. The lowest BCUT2D eigenvalue weighted by molar-refractivity contribution is -0.116. The molecule has 0 heterocycles. The van der Waals surface area contributed by atoms with Crippen molar-refractivity contribution >= 4 is 11.6 Å². The highest BCUT2D eigenvalue weighted by Gasteiger charge is 2.07. The summed E-state index contributed by atoms with van der Waals surface area (Å²) in [5, 5.41) is 11.3. The van der Waals surface area contributed by atoms with Gasteiger partial charge in [-0.05, 0) is 50.3 Å². The van der Waals surface area contributed by atoms with E-state index in [0.717, 1.165) is 31.7 Å². The second-order valence-electron chi connectivity index (χ2n) is 7.69. The molecule has 0 bridgehead atoms. The second-order valence-corrected chi connectivity index (χ2v) is 7.69. The van der Waals surface area contributed by atoms with E-state index in [9.17, 15) is 9.18 Å². The van der Waals surface area contributed by atoms with Crippen LogP contribution in [0.3, 0.4) is 0 Å². The Morgan fingerprint density at radius 3 is 2.14 bits per heavy atom. The maximum absolute atomic E-state index is 13.7. The van der Waals surface area contributed by atoms with E-state index in [-0.39, 0.29) is 17.2 Å². The predicted molar refractivity (Wildman–Crippen MR) is 119 cm³/mol. The molecule has 1 amide bonds. The summed E-state index contributed by atoms with van der Waals surface area (Å²) in [6, 6.07) is 5.95. The summed E-state index contributed by atoms with van der Waals surface area (Å²) in [6.07, 6.45) is 20.9. The summed E-state index contributed by atoms with van der Waals surface area (Å²) in [5.74, 6) is -0.742. The molecule has 1 aromatic carbocycles. The molecule has 1 aromatic rings. The quantitative estimate of drug-likeness (QED) is 0.228. The van der Waals surface area contributed by atoms with Gasteiger partial charge in [0, 0.05) is 6.42 Å². The molecule has 0 aliphatic rings. The van der Waals surface area contributed by atoms with Crippen LogP contribution in [0.2, 0.25) is 0 Å². The number of nitrogens with one attached hydrogen (secondary N) is 1. The third-order valence-electron chi connectivity index (χ3n) is 5.04.